The highest BCUT2D eigenvalue weighted by atomic mass is 32.2. The number of hydrogen-bond donors (Lipinski definition) is 2. The van der Waals surface area contributed by atoms with Crippen molar-refractivity contribution >= 4 is 16.1 Å². The number of benzene rings is 1. The predicted molar refractivity (Wildman–Crippen MR) is 72.6 cm³/mol. The van der Waals surface area contributed by atoms with Gasteiger partial charge in [0.05, 0.1) is 10.6 Å². The highest BCUT2D eigenvalue weighted by Crippen LogP contribution is 2.29. The van der Waals surface area contributed by atoms with E-state index in [1.165, 1.54) is 19.9 Å². The van der Waals surface area contributed by atoms with E-state index in [1.807, 2.05) is 0 Å². The average Bonchev–Trinajstić information content (AvgIpc) is 2.69. The van der Waals surface area contributed by atoms with Gasteiger partial charge in [0.25, 0.3) is 15.9 Å². The van der Waals surface area contributed by atoms with Gasteiger partial charge in [0, 0.05) is 0 Å². The number of rotatable bonds is 2. The molecule has 0 aliphatic carbocycles. The van der Waals surface area contributed by atoms with Crippen LogP contribution in [-0.4, -0.2) is 27.7 Å². The van der Waals surface area contributed by atoms with Crippen molar-refractivity contribution in [2.75, 3.05) is 5.73 Å². The first-order valence-corrected chi connectivity index (χ1v) is 7.24. The Labute approximate surface area is 128 Å². The first kappa shape index (κ1) is 18.8. The van der Waals surface area contributed by atoms with Crippen LogP contribution in [-0.2, 0) is 16.3 Å². The Bertz CT molecular complexity index is 846. The maximum absolute atomic E-state index is 12.6. The van der Waals surface area contributed by atoms with Crippen molar-refractivity contribution in [2.45, 2.75) is 24.9 Å². The Hall–Kier alpha value is -2.21. The molecule has 0 bridgehead atoms. The van der Waals surface area contributed by atoms with Gasteiger partial charge < -0.3 is 5.73 Å². The molecule has 0 saturated carbocycles. The van der Waals surface area contributed by atoms with Crippen molar-refractivity contribution in [1.29, 1.82) is 0 Å². The quantitative estimate of drug-likeness (QED) is 0.628. The summed E-state index contributed by atoms with van der Waals surface area (Å²) in [4.78, 5) is 2.66. The van der Waals surface area contributed by atoms with E-state index in [0.29, 0.717) is 10.2 Å². The second-order valence-electron chi connectivity index (χ2n) is 4.58. The molecular weight excluding hydrogens is 344 g/mol. The normalized spacial score (nSPS) is 12.1. The number of nitrogens with two attached hydrogens (primary N) is 1. The fourth-order valence-corrected chi connectivity index (χ4v) is 2.68. The Morgan fingerprint density at radius 3 is 2.22 bits per heavy atom. The van der Waals surface area contributed by atoms with Crippen molar-refractivity contribution in [3.63, 3.8) is 0 Å². The third-order valence-corrected chi connectivity index (χ3v) is 3.88. The monoisotopic (exact) mass is 356 g/mol. The molecule has 7 nitrogen and oxygen atoms in total. The van der Waals surface area contributed by atoms with Crippen LogP contribution in [0.25, 0.3) is 5.69 Å². The molecule has 0 amide bonds. The maximum atomic E-state index is 12.6. The van der Waals surface area contributed by atoms with Gasteiger partial charge in [0.1, 0.15) is 0 Å². The van der Waals surface area contributed by atoms with Crippen molar-refractivity contribution < 1.29 is 30.8 Å². The molecule has 23 heavy (non-hydrogen) atoms. The molecule has 1 aromatic carbocycles. The molecule has 0 radical (unpaired) electrons. The van der Waals surface area contributed by atoms with E-state index in [1.54, 1.807) is 0 Å². The summed E-state index contributed by atoms with van der Waals surface area (Å²) in [5.41, 5.74) is 6.03. The number of alkyl halides is 3. The van der Waals surface area contributed by atoms with Crippen LogP contribution >= 0.6 is 0 Å². The zero-order valence-corrected chi connectivity index (χ0v) is 12.6. The van der Waals surface area contributed by atoms with Crippen LogP contribution < -0.4 is 5.73 Å². The van der Waals surface area contributed by atoms with Gasteiger partial charge in [-0.05, 0) is 31.0 Å². The summed E-state index contributed by atoms with van der Waals surface area (Å²) in [6.07, 6.45) is -4.79. The van der Waals surface area contributed by atoms with Crippen LogP contribution in [0.4, 0.5) is 23.8 Å². The van der Waals surface area contributed by atoms with Crippen LogP contribution in [0.15, 0.2) is 17.0 Å². The molecule has 2 aromatic rings. The van der Waals surface area contributed by atoms with Gasteiger partial charge in [-0.1, -0.05) is 6.07 Å². The summed E-state index contributed by atoms with van der Waals surface area (Å²) in [7, 11) is -4.54. The Kier molecular flexibility index (Phi) is 4.73. The van der Waals surface area contributed by atoms with Crippen LogP contribution in [0, 0.1) is 13.8 Å². The molecule has 0 fully saturated rings. The van der Waals surface area contributed by atoms with Crippen LogP contribution in [0.5, 0.6) is 0 Å². The van der Waals surface area contributed by atoms with E-state index in [4.69, 9.17) is 10.3 Å². The molecule has 0 unspecified atom stereocenters. The van der Waals surface area contributed by atoms with Crippen LogP contribution in [0.3, 0.4) is 0 Å². The second kappa shape index (κ2) is 5.77. The number of halogens is 4. The summed E-state index contributed by atoms with van der Waals surface area (Å²) in [5.74, 6) is -2.00. The molecular formula is C11H12F4N4O3S. The largest absolute Gasteiger partial charge is 0.453 e. The third-order valence-electron chi connectivity index (χ3n) is 2.89. The maximum Gasteiger partial charge on any atom is 0.453 e. The van der Waals surface area contributed by atoms with E-state index < -0.39 is 33.0 Å². The number of aryl methyl sites for hydroxylation is 2. The Morgan fingerprint density at radius 1 is 1.22 bits per heavy atom. The highest BCUT2D eigenvalue weighted by Gasteiger charge is 2.37. The molecule has 0 aliphatic rings. The second-order valence-corrected chi connectivity index (χ2v) is 5.97. The molecule has 2 rings (SSSR count). The van der Waals surface area contributed by atoms with Crippen molar-refractivity contribution in [2.24, 2.45) is 0 Å². The Morgan fingerprint density at radius 2 is 1.78 bits per heavy atom. The number of nitrogens with zero attached hydrogens (tertiary/aromatic N) is 3. The number of nitrogen functional groups attached to an aromatic ring is 1. The van der Waals surface area contributed by atoms with Crippen molar-refractivity contribution in [3.05, 3.63) is 29.1 Å². The van der Waals surface area contributed by atoms with Gasteiger partial charge >= 0.3 is 6.18 Å². The van der Waals surface area contributed by atoms with Gasteiger partial charge in [0.15, 0.2) is 0 Å². The zero-order chi connectivity index (χ0) is 16.9. The lowest BCUT2D eigenvalue weighted by Gasteiger charge is -2.11. The minimum absolute atomic E-state index is 0. The van der Waals surface area contributed by atoms with E-state index in [9.17, 15) is 21.6 Å². The van der Waals surface area contributed by atoms with E-state index in [-0.39, 0.29) is 16.0 Å². The summed E-state index contributed by atoms with van der Waals surface area (Å²) >= 11 is 0. The van der Waals surface area contributed by atoms with Gasteiger partial charge in [-0.2, -0.15) is 31.3 Å². The summed E-state index contributed by atoms with van der Waals surface area (Å²) in [6, 6.07) is 2.37. The third kappa shape index (κ3) is 3.59. The lowest BCUT2D eigenvalue weighted by molar-refractivity contribution is -0.144. The number of anilines is 1. The summed E-state index contributed by atoms with van der Waals surface area (Å²) in [5, 5.41) is 3.24. The standard InChI is InChI=1S/C11H11F3N4O3S.FH/c1-5-3-6(2)8(22(19,20)21)4-7(5)18-10(15)16-9(17-18)11(12,13)14;/h3-4H,1-2H3,(H2,15,16,17)(H,19,20,21);1H. The predicted octanol–water partition coefficient (Wildman–Crippen LogP) is 1.88. The molecule has 0 spiro atoms. The van der Waals surface area contributed by atoms with Gasteiger partial charge in [0.2, 0.25) is 5.95 Å². The minimum Gasteiger partial charge on any atom is -0.368 e. The molecule has 128 valence electrons. The lowest BCUT2D eigenvalue weighted by Crippen LogP contribution is -2.10. The highest BCUT2D eigenvalue weighted by molar-refractivity contribution is 7.85. The first-order valence-electron chi connectivity index (χ1n) is 5.80. The fraction of sp³-hybridized carbons (Fsp3) is 0.273. The SMILES string of the molecule is Cc1cc(C)c(S(=O)(=O)O)cc1-n1nc(C(F)(F)F)nc1N.F. The minimum atomic E-state index is -4.79. The zero-order valence-electron chi connectivity index (χ0n) is 11.8. The molecule has 3 N–H and O–H groups in total. The average molecular weight is 356 g/mol. The summed E-state index contributed by atoms with van der Waals surface area (Å²) in [6.45, 7) is 2.97. The van der Waals surface area contributed by atoms with Gasteiger partial charge in [-0.3, -0.25) is 9.26 Å². The summed E-state index contributed by atoms with van der Waals surface area (Å²) < 4.78 is 70.2. The Balaban J connectivity index is 0.00000264. The van der Waals surface area contributed by atoms with Crippen LogP contribution in [0.1, 0.15) is 17.0 Å². The van der Waals surface area contributed by atoms with Gasteiger partial charge in [-0.25, -0.2) is 0 Å². The molecule has 0 atom stereocenters. The topological polar surface area (TPSA) is 111 Å². The molecule has 1 heterocycles. The van der Waals surface area contributed by atoms with Crippen molar-refractivity contribution in [3.8, 4) is 5.69 Å². The van der Waals surface area contributed by atoms with E-state index in [0.717, 1.165) is 6.07 Å². The van der Waals surface area contributed by atoms with E-state index >= 15 is 0 Å². The molecule has 0 saturated heterocycles. The molecule has 12 heteroatoms. The molecule has 1 aromatic heterocycles. The number of aromatic nitrogens is 3. The van der Waals surface area contributed by atoms with E-state index in [2.05, 4.69) is 10.1 Å². The first-order chi connectivity index (χ1) is 9.91. The van der Waals surface area contributed by atoms with Crippen molar-refractivity contribution in [1.82, 2.24) is 14.8 Å². The van der Waals surface area contributed by atoms with Crippen LogP contribution in [0.2, 0.25) is 0 Å². The molecule has 0 aliphatic heterocycles. The van der Waals surface area contributed by atoms with Gasteiger partial charge in [-0.15, -0.1) is 5.10 Å². The smallest absolute Gasteiger partial charge is 0.368 e. The number of hydrogen-bond acceptors (Lipinski definition) is 5. The lowest BCUT2D eigenvalue weighted by atomic mass is 10.1. The fourth-order valence-electron chi connectivity index (χ4n) is 1.95.